The van der Waals surface area contributed by atoms with Crippen LogP contribution >= 0.6 is 0 Å². The van der Waals surface area contributed by atoms with Crippen LogP contribution in [0.4, 0.5) is 0 Å². The highest BCUT2D eigenvalue weighted by Crippen LogP contribution is 2.23. The molecule has 0 aliphatic carbocycles. The molecule has 1 aromatic carbocycles. The second kappa shape index (κ2) is 10.7. The van der Waals surface area contributed by atoms with Gasteiger partial charge in [0, 0.05) is 33.9 Å². The Labute approximate surface area is 132 Å². The number of aliphatic imine (C=N–C) groups is 1. The van der Waals surface area contributed by atoms with Crippen molar-refractivity contribution in [1.82, 2.24) is 10.6 Å². The van der Waals surface area contributed by atoms with Crippen LogP contribution in [0, 0.1) is 0 Å². The third kappa shape index (κ3) is 6.22. The molecular formula is C16H27N3O3. The maximum atomic E-state index is 5.38. The van der Waals surface area contributed by atoms with E-state index in [1.165, 1.54) is 0 Å². The first-order valence-electron chi connectivity index (χ1n) is 7.39. The van der Waals surface area contributed by atoms with Gasteiger partial charge in [-0.3, -0.25) is 4.99 Å². The fraction of sp³-hybridized carbons (Fsp3) is 0.562. The van der Waals surface area contributed by atoms with Crippen LogP contribution in [0.3, 0.4) is 0 Å². The fourth-order valence-electron chi connectivity index (χ4n) is 2.04. The topological polar surface area (TPSA) is 64.1 Å². The number of benzene rings is 1. The predicted molar refractivity (Wildman–Crippen MR) is 89.1 cm³/mol. The van der Waals surface area contributed by atoms with E-state index in [4.69, 9.17) is 14.2 Å². The molecule has 0 aliphatic heterocycles. The van der Waals surface area contributed by atoms with Gasteiger partial charge in [-0.05, 0) is 36.6 Å². The number of nitrogens with zero attached hydrogens (tertiary/aromatic N) is 1. The molecule has 0 atom stereocenters. The van der Waals surface area contributed by atoms with Crippen LogP contribution < -0.4 is 20.1 Å². The van der Waals surface area contributed by atoms with E-state index >= 15 is 0 Å². The van der Waals surface area contributed by atoms with E-state index in [1.807, 2.05) is 18.2 Å². The second-order valence-electron chi connectivity index (χ2n) is 4.70. The minimum Gasteiger partial charge on any atom is -0.497 e. The summed E-state index contributed by atoms with van der Waals surface area (Å²) in [6, 6.07) is 5.81. The quantitative estimate of drug-likeness (QED) is 0.411. The van der Waals surface area contributed by atoms with Gasteiger partial charge in [-0.15, -0.1) is 0 Å². The van der Waals surface area contributed by atoms with E-state index in [9.17, 15) is 0 Å². The highest BCUT2D eigenvalue weighted by Gasteiger charge is 2.05. The monoisotopic (exact) mass is 309 g/mol. The second-order valence-corrected chi connectivity index (χ2v) is 4.70. The summed E-state index contributed by atoms with van der Waals surface area (Å²) in [4.78, 5) is 4.19. The van der Waals surface area contributed by atoms with E-state index in [0.717, 1.165) is 55.6 Å². The third-order valence-electron chi connectivity index (χ3n) is 3.22. The number of rotatable bonds is 9. The van der Waals surface area contributed by atoms with E-state index in [0.29, 0.717) is 0 Å². The molecule has 0 fully saturated rings. The van der Waals surface area contributed by atoms with Crippen LogP contribution in [0.15, 0.2) is 23.2 Å². The first-order chi connectivity index (χ1) is 10.7. The number of nitrogens with one attached hydrogen (secondary N) is 2. The fourth-order valence-corrected chi connectivity index (χ4v) is 2.04. The van der Waals surface area contributed by atoms with Crippen LogP contribution in [-0.4, -0.2) is 54.0 Å². The number of methoxy groups -OCH3 is 3. The molecule has 1 rings (SSSR count). The summed E-state index contributed by atoms with van der Waals surface area (Å²) in [6.07, 6.45) is 1.76. The van der Waals surface area contributed by atoms with Crippen molar-refractivity contribution in [2.45, 2.75) is 12.8 Å². The maximum Gasteiger partial charge on any atom is 0.190 e. The van der Waals surface area contributed by atoms with Gasteiger partial charge >= 0.3 is 0 Å². The Hall–Kier alpha value is -1.95. The molecule has 0 amide bonds. The van der Waals surface area contributed by atoms with E-state index < -0.39 is 0 Å². The normalized spacial score (nSPS) is 11.2. The SMILES string of the molecule is CN=C(NCCCOC)NCCc1cc(OC)ccc1OC. The minimum atomic E-state index is 0.741. The Kier molecular flexibility index (Phi) is 8.83. The lowest BCUT2D eigenvalue weighted by molar-refractivity contribution is 0.195. The molecule has 6 nitrogen and oxygen atoms in total. The summed E-state index contributed by atoms with van der Waals surface area (Å²) in [5.74, 6) is 2.49. The molecule has 0 aromatic heterocycles. The number of hydrogen-bond acceptors (Lipinski definition) is 4. The Morgan fingerprint density at radius 3 is 2.50 bits per heavy atom. The highest BCUT2D eigenvalue weighted by atomic mass is 16.5. The lowest BCUT2D eigenvalue weighted by Crippen LogP contribution is -2.39. The van der Waals surface area contributed by atoms with Crippen LogP contribution in [0.25, 0.3) is 0 Å². The molecular weight excluding hydrogens is 282 g/mol. The van der Waals surface area contributed by atoms with Crippen molar-refractivity contribution < 1.29 is 14.2 Å². The summed E-state index contributed by atoms with van der Waals surface area (Å²) < 4.78 is 15.7. The largest absolute Gasteiger partial charge is 0.497 e. The summed E-state index contributed by atoms with van der Waals surface area (Å²) in [7, 11) is 6.80. The van der Waals surface area contributed by atoms with Crippen LogP contribution in [0.5, 0.6) is 11.5 Å². The summed E-state index contributed by atoms with van der Waals surface area (Å²) in [6.45, 7) is 2.33. The van der Waals surface area contributed by atoms with Crippen molar-refractivity contribution >= 4 is 5.96 Å². The van der Waals surface area contributed by atoms with Crippen molar-refractivity contribution in [1.29, 1.82) is 0 Å². The van der Waals surface area contributed by atoms with Gasteiger partial charge in [0.15, 0.2) is 5.96 Å². The molecule has 0 spiro atoms. The number of hydrogen-bond donors (Lipinski definition) is 2. The lowest BCUT2D eigenvalue weighted by atomic mass is 10.1. The van der Waals surface area contributed by atoms with Gasteiger partial charge in [-0.25, -0.2) is 0 Å². The maximum absolute atomic E-state index is 5.38. The summed E-state index contributed by atoms with van der Waals surface area (Å²) in [5.41, 5.74) is 1.10. The molecule has 6 heteroatoms. The van der Waals surface area contributed by atoms with Crippen molar-refractivity contribution in [3.8, 4) is 11.5 Å². The van der Waals surface area contributed by atoms with Gasteiger partial charge in [0.1, 0.15) is 11.5 Å². The Balaban J connectivity index is 2.45. The van der Waals surface area contributed by atoms with Gasteiger partial charge in [0.25, 0.3) is 0 Å². The first kappa shape index (κ1) is 18.1. The third-order valence-corrected chi connectivity index (χ3v) is 3.22. The zero-order valence-corrected chi connectivity index (χ0v) is 13.9. The first-order valence-corrected chi connectivity index (χ1v) is 7.39. The van der Waals surface area contributed by atoms with Gasteiger partial charge in [-0.2, -0.15) is 0 Å². The lowest BCUT2D eigenvalue weighted by Gasteiger charge is -2.13. The van der Waals surface area contributed by atoms with Crippen LogP contribution in [-0.2, 0) is 11.2 Å². The van der Waals surface area contributed by atoms with Crippen molar-refractivity contribution in [3.63, 3.8) is 0 Å². The molecule has 0 saturated carbocycles. The molecule has 1 aromatic rings. The van der Waals surface area contributed by atoms with Gasteiger partial charge in [-0.1, -0.05) is 0 Å². The predicted octanol–water partition coefficient (Wildman–Crippen LogP) is 1.45. The molecule has 0 unspecified atom stereocenters. The molecule has 22 heavy (non-hydrogen) atoms. The Morgan fingerprint density at radius 1 is 1.09 bits per heavy atom. The van der Waals surface area contributed by atoms with Crippen molar-refractivity contribution in [2.75, 3.05) is 48.1 Å². The molecule has 0 heterocycles. The van der Waals surface area contributed by atoms with Crippen molar-refractivity contribution in [3.05, 3.63) is 23.8 Å². The average Bonchev–Trinajstić information content (AvgIpc) is 2.56. The molecule has 0 bridgehead atoms. The van der Waals surface area contributed by atoms with Gasteiger partial charge in [0.05, 0.1) is 14.2 Å². The molecule has 124 valence electrons. The molecule has 0 saturated heterocycles. The van der Waals surface area contributed by atoms with E-state index in [1.54, 1.807) is 28.4 Å². The number of ether oxygens (including phenoxy) is 3. The van der Waals surface area contributed by atoms with Crippen LogP contribution in [0.1, 0.15) is 12.0 Å². The summed E-state index contributed by atoms with van der Waals surface area (Å²) in [5, 5.41) is 6.53. The van der Waals surface area contributed by atoms with Gasteiger partial charge in [0.2, 0.25) is 0 Å². The van der Waals surface area contributed by atoms with Gasteiger partial charge < -0.3 is 24.8 Å². The Morgan fingerprint density at radius 2 is 1.86 bits per heavy atom. The standard InChI is InChI=1S/C16H27N3O3/c1-17-16(18-9-5-11-20-2)19-10-8-13-12-14(21-3)6-7-15(13)22-4/h6-7,12H,5,8-11H2,1-4H3,(H2,17,18,19). The van der Waals surface area contributed by atoms with Crippen LogP contribution in [0.2, 0.25) is 0 Å². The smallest absolute Gasteiger partial charge is 0.190 e. The van der Waals surface area contributed by atoms with Crippen molar-refractivity contribution in [2.24, 2.45) is 4.99 Å². The molecule has 0 aliphatic rings. The number of guanidine groups is 1. The average molecular weight is 309 g/mol. The molecule has 0 radical (unpaired) electrons. The zero-order chi connectivity index (χ0) is 16.2. The minimum absolute atomic E-state index is 0.741. The van der Waals surface area contributed by atoms with E-state index in [2.05, 4.69) is 15.6 Å². The highest BCUT2D eigenvalue weighted by molar-refractivity contribution is 5.79. The summed E-state index contributed by atoms with van der Waals surface area (Å²) >= 11 is 0. The van der Waals surface area contributed by atoms with E-state index in [-0.39, 0.29) is 0 Å². The Bertz CT molecular complexity index is 464. The zero-order valence-electron chi connectivity index (χ0n) is 13.9. The molecule has 2 N–H and O–H groups in total.